The van der Waals surface area contributed by atoms with E-state index in [1.165, 1.54) is 5.56 Å². The van der Waals surface area contributed by atoms with Crippen molar-refractivity contribution < 1.29 is 0 Å². The van der Waals surface area contributed by atoms with Crippen molar-refractivity contribution in [1.29, 1.82) is 0 Å². The van der Waals surface area contributed by atoms with Crippen molar-refractivity contribution in [1.82, 2.24) is 9.97 Å². The van der Waals surface area contributed by atoms with Gasteiger partial charge in [-0.1, -0.05) is 19.1 Å². The molecule has 2 aromatic rings. The number of benzene rings is 1. The van der Waals surface area contributed by atoms with Gasteiger partial charge >= 0.3 is 0 Å². The Labute approximate surface area is 114 Å². The van der Waals surface area contributed by atoms with E-state index >= 15 is 0 Å². The summed E-state index contributed by atoms with van der Waals surface area (Å²) in [5.74, 6) is 2.53. The van der Waals surface area contributed by atoms with Crippen molar-refractivity contribution in [3.8, 4) is 0 Å². The SMILES string of the molecule is CCCc1nc(NC)cc(Nc2cccc(C)c2)n1. The molecule has 2 N–H and O–H groups in total. The van der Waals surface area contributed by atoms with Gasteiger partial charge in [-0.25, -0.2) is 9.97 Å². The highest BCUT2D eigenvalue weighted by atomic mass is 15.1. The third-order valence-electron chi connectivity index (χ3n) is 2.79. The van der Waals surface area contributed by atoms with Gasteiger partial charge in [0.05, 0.1) is 0 Å². The first-order valence-corrected chi connectivity index (χ1v) is 6.60. The minimum Gasteiger partial charge on any atom is -0.373 e. The summed E-state index contributed by atoms with van der Waals surface area (Å²) < 4.78 is 0. The van der Waals surface area contributed by atoms with Crippen LogP contribution in [0.5, 0.6) is 0 Å². The smallest absolute Gasteiger partial charge is 0.136 e. The Hall–Kier alpha value is -2.10. The van der Waals surface area contributed by atoms with Gasteiger partial charge in [-0.2, -0.15) is 0 Å². The molecule has 1 aromatic heterocycles. The molecule has 0 spiro atoms. The fourth-order valence-corrected chi connectivity index (χ4v) is 1.90. The zero-order valence-corrected chi connectivity index (χ0v) is 11.7. The van der Waals surface area contributed by atoms with Crippen LogP contribution in [0.2, 0.25) is 0 Å². The van der Waals surface area contributed by atoms with Gasteiger partial charge < -0.3 is 10.6 Å². The van der Waals surface area contributed by atoms with Crippen LogP contribution in [0.4, 0.5) is 17.3 Å². The molecule has 1 aromatic carbocycles. The van der Waals surface area contributed by atoms with Crippen molar-refractivity contribution in [2.75, 3.05) is 17.7 Å². The summed E-state index contributed by atoms with van der Waals surface area (Å²) in [6, 6.07) is 10.2. The molecule has 0 unspecified atom stereocenters. The van der Waals surface area contributed by atoms with Crippen molar-refractivity contribution in [3.05, 3.63) is 41.7 Å². The third-order valence-corrected chi connectivity index (χ3v) is 2.79. The van der Waals surface area contributed by atoms with Crippen LogP contribution < -0.4 is 10.6 Å². The molecule has 0 saturated carbocycles. The van der Waals surface area contributed by atoms with Gasteiger partial charge in [0.2, 0.25) is 0 Å². The lowest BCUT2D eigenvalue weighted by atomic mass is 10.2. The van der Waals surface area contributed by atoms with E-state index < -0.39 is 0 Å². The molecular weight excluding hydrogens is 236 g/mol. The van der Waals surface area contributed by atoms with Gasteiger partial charge in [0.25, 0.3) is 0 Å². The summed E-state index contributed by atoms with van der Waals surface area (Å²) in [7, 11) is 1.87. The monoisotopic (exact) mass is 256 g/mol. The number of nitrogens with zero attached hydrogens (tertiary/aromatic N) is 2. The first-order valence-electron chi connectivity index (χ1n) is 6.60. The Morgan fingerprint density at radius 2 is 1.89 bits per heavy atom. The number of aromatic nitrogens is 2. The molecule has 0 aliphatic rings. The van der Waals surface area contributed by atoms with Crippen LogP contribution in [-0.2, 0) is 6.42 Å². The highest BCUT2D eigenvalue weighted by molar-refractivity contribution is 5.59. The summed E-state index contributed by atoms with van der Waals surface area (Å²) in [6.45, 7) is 4.20. The fraction of sp³-hybridized carbons (Fsp3) is 0.333. The Bertz CT molecular complexity index is 552. The van der Waals surface area contributed by atoms with Crippen LogP contribution in [0.25, 0.3) is 0 Å². The van der Waals surface area contributed by atoms with Crippen molar-refractivity contribution >= 4 is 17.3 Å². The van der Waals surface area contributed by atoms with Crippen LogP contribution in [0, 0.1) is 6.92 Å². The average Bonchev–Trinajstić information content (AvgIpc) is 2.39. The molecule has 0 radical (unpaired) electrons. The topological polar surface area (TPSA) is 49.8 Å². The summed E-state index contributed by atoms with van der Waals surface area (Å²) in [4.78, 5) is 8.97. The molecule has 1 heterocycles. The van der Waals surface area contributed by atoms with Crippen molar-refractivity contribution in [3.63, 3.8) is 0 Å². The second-order valence-electron chi connectivity index (χ2n) is 4.55. The Balaban J connectivity index is 2.26. The standard InChI is InChI=1S/C15H20N4/c1-4-6-13-18-14(16-3)10-15(19-13)17-12-8-5-7-11(2)9-12/h5,7-10H,4,6H2,1-3H3,(H2,16,17,18,19). The molecule has 4 heteroatoms. The number of aryl methyl sites for hydroxylation is 2. The minimum absolute atomic E-state index is 0.827. The van der Waals surface area contributed by atoms with Crippen LogP contribution in [0.15, 0.2) is 30.3 Å². The lowest BCUT2D eigenvalue weighted by Crippen LogP contribution is -2.03. The quantitative estimate of drug-likeness (QED) is 0.859. The molecule has 19 heavy (non-hydrogen) atoms. The number of anilines is 3. The van der Waals surface area contributed by atoms with Crippen LogP contribution in [0.1, 0.15) is 24.7 Å². The Kier molecular flexibility index (Phi) is 4.34. The van der Waals surface area contributed by atoms with Gasteiger partial charge in [-0.05, 0) is 31.0 Å². The van der Waals surface area contributed by atoms with E-state index in [0.29, 0.717) is 0 Å². The third kappa shape index (κ3) is 3.68. The highest BCUT2D eigenvalue weighted by Crippen LogP contribution is 2.18. The maximum absolute atomic E-state index is 4.53. The lowest BCUT2D eigenvalue weighted by molar-refractivity contribution is 0.838. The van der Waals surface area contributed by atoms with Gasteiger partial charge in [0.1, 0.15) is 17.5 Å². The van der Waals surface area contributed by atoms with Crippen molar-refractivity contribution in [2.45, 2.75) is 26.7 Å². The Morgan fingerprint density at radius 3 is 2.58 bits per heavy atom. The molecule has 0 fully saturated rings. The van der Waals surface area contributed by atoms with E-state index in [0.717, 1.165) is 36.0 Å². The van der Waals surface area contributed by atoms with E-state index in [1.807, 2.05) is 25.2 Å². The van der Waals surface area contributed by atoms with Crippen LogP contribution in [-0.4, -0.2) is 17.0 Å². The van der Waals surface area contributed by atoms with E-state index in [2.05, 4.69) is 46.6 Å². The highest BCUT2D eigenvalue weighted by Gasteiger charge is 2.04. The fourth-order valence-electron chi connectivity index (χ4n) is 1.90. The first kappa shape index (κ1) is 13.3. The zero-order chi connectivity index (χ0) is 13.7. The lowest BCUT2D eigenvalue weighted by Gasteiger charge is -2.10. The number of rotatable bonds is 5. The molecule has 0 atom stereocenters. The maximum atomic E-state index is 4.53. The second-order valence-corrected chi connectivity index (χ2v) is 4.55. The zero-order valence-electron chi connectivity index (χ0n) is 11.7. The predicted molar refractivity (Wildman–Crippen MR) is 80.0 cm³/mol. The molecular formula is C15H20N4. The molecule has 0 bridgehead atoms. The number of hydrogen-bond acceptors (Lipinski definition) is 4. The molecule has 2 rings (SSSR count). The van der Waals surface area contributed by atoms with E-state index in [9.17, 15) is 0 Å². The maximum Gasteiger partial charge on any atom is 0.136 e. The first-order chi connectivity index (χ1) is 9.21. The molecule has 0 aliphatic carbocycles. The van der Waals surface area contributed by atoms with Crippen LogP contribution in [0.3, 0.4) is 0 Å². The Morgan fingerprint density at radius 1 is 1.11 bits per heavy atom. The van der Waals surface area contributed by atoms with Gasteiger partial charge in [-0.3, -0.25) is 0 Å². The van der Waals surface area contributed by atoms with Crippen molar-refractivity contribution in [2.24, 2.45) is 0 Å². The van der Waals surface area contributed by atoms with E-state index in [1.54, 1.807) is 0 Å². The molecule has 4 nitrogen and oxygen atoms in total. The summed E-state index contributed by atoms with van der Waals surface area (Å²) in [5.41, 5.74) is 2.27. The predicted octanol–water partition coefficient (Wildman–Crippen LogP) is 3.52. The molecule has 0 amide bonds. The van der Waals surface area contributed by atoms with E-state index in [4.69, 9.17) is 0 Å². The molecule has 100 valence electrons. The number of nitrogens with one attached hydrogen (secondary N) is 2. The largest absolute Gasteiger partial charge is 0.373 e. The van der Waals surface area contributed by atoms with E-state index in [-0.39, 0.29) is 0 Å². The second kappa shape index (κ2) is 6.18. The average molecular weight is 256 g/mol. The summed E-state index contributed by atoms with van der Waals surface area (Å²) in [5, 5.41) is 6.40. The minimum atomic E-state index is 0.827. The van der Waals surface area contributed by atoms with Gasteiger partial charge in [0.15, 0.2) is 0 Å². The van der Waals surface area contributed by atoms with Crippen LogP contribution >= 0.6 is 0 Å². The molecule has 0 saturated heterocycles. The molecule has 0 aliphatic heterocycles. The summed E-state index contributed by atoms with van der Waals surface area (Å²) in [6.07, 6.45) is 1.93. The number of hydrogen-bond donors (Lipinski definition) is 2. The van der Waals surface area contributed by atoms with Gasteiger partial charge in [0, 0.05) is 25.2 Å². The normalized spacial score (nSPS) is 10.3. The van der Waals surface area contributed by atoms with Gasteiger partial charge in [-0.15, -0.1) is 0 Å². The summed E-state index contributed by atoms with van der Waals surface area (Å²) >= 11 is 0.